The second kappa shape index (κ2) is 8.55. The fourth-order valence-electron chi connectivity index (χ4n) is 1.16. The Labute approximate surface area is 94.0 Å². The summed E-state index contributed by atoms with van der Waals surface area (Å²) in [6.07, 6.45) is 0.874. The first kappa shape index (κ1) is 14.2. The summed E-state index contributed by atoms with van der Waals surface area (Å²) in [5.41, 5.74) is 5.02. The molecule has 6 heteroatoms. The zero-order valence-electron chi connectivity index (χ0n) is 8.94. The van der Waals surface area contributed by atoms with Gasteiger partial charge in [-0.3, -0.25) is 14.5 Å². The molecule has 0 aromatic carbocycles. The molecule has 0 aliphatic heterocycles. The lowest BCUT2D eigenvalue weighted by atomic mass is 10.4. The SMILES string of the molecule is CCSCCCN(CC(N)=O)CC(=O)O. The van der Waals surface area contributed by atoms with Gasteiger partial charge in [-0.15, -0.1) is 0 Å². The minimum Gasteiger partial charge on any atom is -0.480 e. The maximum atomic E-state index is 10.7. The van der Waals surface area contributed by atoms with Crippen LogP contribution in [-0.2, 0) is 9.59 Å². The van der Waals surface area contributed by atoms with Crippen LogP contribution in [0.25, 0.3) is 0 Å². The van der Waals surface area contributed by atoms with Gasteiger partial charge >= 0.3 is 5.97 Å². The Balaban J connectivity index is 3.79. The molecule has 0 fully saturated rings. The Morgan fingerprint density at radius 2 is 2.07 bits per heavy atom. The van der Waals surface area contributed by atoms with Crippen LogP contribution in [0.5, 0.6) is 0 Å². The molecule has 1 amide bonds. The third-order valence-corrected chi connectivity index (χ3v) is 2.69. The van der Waals surface area contributed by atoms with Gasteiger partial charge in [-0.2, -0.15) is 11.8 Å². The summed E-state index contributed by atoms with van der Waals surface area (Å²) < 4.78 is 0. The van der Waals surface area contributed by atoms with Crippen molar-refractivity contribution >= 4 is 23.6 Å². The van der Waals surface area contributed by atoms with Crippen LogP contribution >= 0.6 is 11.8 Å². The number of carbonyl (C=O) groups excluding carboxylic acids is 1. The number of amides is 1. The van der Waals surface area contributed by atoms with Gasteiger partial charge in [0.2, 0.25) is 5.91 Å². The molecule has 0 spiro atoms. The molecule has 0 rings (SSSR count). The predicted octanol–water partition coefficient (Wildman–Crippen LogP) is 0.00150. The smallest absolute Gasteiger partial charge is 0.317 e. The molecule has 0 aromatic heterocycles. The lowest BCUT2D eigenvalue weighted by Crippen LogP contribution is -2.38. The molecule has 0 atom stereocenters. The van der Waals surface area contributed by atoms with E-state index >= 15 is 0 Å². The van der Waals surface area contributed by atoms with Crippen LogP contribution in [0.15, 0.2) is 0 Å². The minimum absolute atomic E-state index is 0.0170. The summed E-state index contributed by atoms with van der Waals surface area (Å²) in [7, 11) is 0. The van der Waals surface area contributed by atoms with E-state index in [4.69, 9.17) is 10.8 Å². The van der Waals surface area contributed by atoms with E-state index in [1.807, 2.05) is 0 Å². The van der Waals surface area contributed by atoms with Crippen LogP contribution in [0.2, 0.25) is 0 Å². The lowest BCUT2D eigenvalue weighted by Gasteiger charge is -2.17. The maximum Gasteiger partial charge on any atom is 0.317 e. The third kappa shape index (κ3) is 9.55. The normalized spacial score (nSPS) is 10.5. The molecule has 88 valence electrons. The van der Waals surface area contributed by atoms with Gasteiger partial charge in [0, 0.05) is 6.54 Å². The fourth-order valence-corrected chi connectivity index (χ4v) is 1.78. The lowest BCUT2D eigenvalue weighted by molar-refractivity contribution is -0.138. The monoisotopic (exact) mass is 234 g/mol. The number of hydrogen-bond donors (Lipinski definition) is 2. The highest BCUT2D eigenvalue weighted by Crippen LogP contribution is 2.02. The van der Waals surface area contributed by atoms with E-state index in [0.29, 0.717) is 6.54 Å². The van der Waals surface area contributed by atoms with E-state index in [2.05, 4.69) is 6.92 Å². The molecule has 5 nitrogen and oxygen atoms in total. The Bertz CT molecular complexity index is 196. The summed E-state index contributed by atoms with van der Waals surface area (Å²) >= 11 is 1.80. The summed E-state index contributed by atoms with van der Waals surface area (Å²) in [5.74, 6) is 0.610. The standard InChI is InChI=1S/C9H18N2O3S/c1-2-15-5-3-4-11(6-8(10)12)7-9(13)14/h2-7H2,1H3,(H2,10,12)(H,13,14). The second-order valence-electron chi connectivity index (χ2n) is 3.12. The first-order valence-corrected chi connectivity index (χ1v) is 6.02. The number of aliphatic carboxylic acids is 1. The van der Waals surface area contributed by atoms with Crippen molar-refractivity contribution in [2.75, 3.05) is 31.1 Å². The highest BCUT2D eigenvalue weighted by molar-refractivity contribution is 7.99. The van der Waals surface area contributed by atoms with Crippen LogP contribution in [-0.4, -0.2) is 53.0 Å². The molecule has 3 N–H and O–H groups in total. The molecule has 0 bridgehead atoms. The van der Waals surface area contributed by atoms with Crippen molar-refractivity contribution in [2.45, 2.75) is 13.3 Å². The maximum absolute atomic E-state index is 10.7. The van der Waals surface area contributed by atoms with E-state index < -0.39 is 11.9 Å². The summed E-state index contributed by atoms with van der Waals surface area (Å²) in [5, 5.41) is 8.60. The van der Waals surface area contributed by atoms with Crippen molar-refractivity contribution < 1.29 is 14.7 Å². The van der Waals surface area contributed by atoms with Gasteiger partial charge in [0.15, 0.2) is 0 Å². The zero-order chi connectivity index (χ0) is 11.7. The van der Waals surface area contributed by atoms with Crippen molar-refractivity contribution in [3.8, 4) is 0 Å². The topological polar surface area (TPSA) is 83.6 Å². The van der Waals surface area contributed by atoms with Crippen molar-refractivity contribution in [1.82, 2.24) is 4.90 Å². The van der Waals surface area contributed by atoms with Gasteiger partial charge in [0.05, 0.1) is 13.1 Å². The number of nitrogens with zero attached hydrogens (tertiary/aromatic N) is 1. The number of carboxylic acid groups (broad SMARTS) is 1. The largest absolute Gasteiger partial charge is 0.480 e. The molecule has 0 radical (unpaired) electrons. The molecule has 0 aromatic rings. The van der Waals surface area contributed by atoms with Crippen LogP contribution in [0.1, 0.15) is 13.3 Å². The summed E-state index contributed by atoms with van der Waals surface area (Å²) in [4.78, 5) is 22.7. The highest BCUT2D eigenvalue weighted by Gasteiger charge is 2.11. The van der Waals surface area contributed by atoms with Crippen molar-refractivity contribution in [3.63, 3.8) is 0 Å². The quantitative estimate of drug-likeness (QED) is 0.549. The molecule has 0 saturated carbocycles. The average molecular weight is 234 g/mol. The Hall–Kier alpha value is -0.750. The number of thioether (sulfide) groups is 1. The van der Waals surface area contributed by atoms with E-state index in [-0.39, 0.29) is 13.1 Å². The number of primary amides is 1. The summed E-state index contributed by atoms with van der Waals surface area (Å²) in [6.45, 7) is 2.56. The zero-order valence-corrected chi connectivity index (χ0v) is 9.76. The van der Waals surface area contributed by atoms with Gasteiger partial charge in [-0.05, 0) is 17.9 Å². The molecular weight excluding hydrogens is 216 g/mol. The van der Waals surface area contributed by atoms with Gasteiger partial charge < -0.3 is 10.8 Å². The van der Waals surface area contributed by atoms with Crippen LogP contribution in [0.3, 0.4) is 0 Å². The van der Waals surface area contributed by atoms with Crippen LogP contribution < -0.4 is 5.73 Å². The van der Waals surface area contributed by atoms with Crippen molar-refractivity contribution in [3.05, 3.63) is 0 Å². The molecule has 0 unspecified atom stereocenters. The Kier molecular flexibility index (Phi) is 8.12. The third-order valence-electron chi connectivity index (χ3n) is 1.71. The van der Waals surface area contributed by atoms with Crippen molar-refractivity contribution in [2.24, 2.45) is 5.73 Å². The highest BCUT2D eigenvalue weighted by atomic mass is 32.2. The first-order chi connectivity index (χ1) is 7.06. The predicted molar refractivity (Wildman–Crippen MR) is 60.9 cm³/mol. The fraction of sp³-hybridized carbons (Fsp3) is 0.778. The molecule has 0 saturated heterocycles. The molecule has 0 aliphatic rings. The van der Waals surface area contributed by atoms with E-state index in [1.165, 1.54) is 0 Å². The molecule has 0 aliphatic carbocycles. The van der Waals surface area contributed by atoms with Gasteiger partial charge in [0.25, 0.3) is 0 Å². The molecule has 15 heavy (non-hydrogen) atoms. The van der Waals surface area contributed by atoms with Gasteiger partial charge in [0.1, 0.15) is 0 Å². The van der Waals surface area contributed by atoms with Crippen LogP contribution in [0.4, 0.5) is 0 Å². The van der Waals surface area contributed by atoms with E-state index in [1.54, 1.807) is 16.7 Å². The molecule has 0 heterocycles. The van der Waals surface area contributed by atoms with Crippen LogP contribution in [0, 0.1) is 0 Å². The average Bonchev–Trinajstić information content (AvgIpc) is 2.10. The second-order valence-corrected chi connectivity index (χ2v) is 4.52. The van der Waals surface area contributed by atoms with E-state index in [0.717, 1.165) is 17.9 Å². The minimum atomic E-state index is -0.931. The Morgan fingerprint density at radius 1 is 1.40 bits per heavy atom. The summed E-state index contributed by atoms with van der Waals surface area (Å²) in [6, 6.07) is 0. The van der Waals surface area contributed by atoms with E-state index in [9.17, 15) is 9.59 Å². The van der Waals surface area contributed by atoms with Gasteiger partial charge in [-0.25, -0.2) is 0 Å². The number of rotatable bonds is 9. The van der Waals surface area contributed by atoms with Gasteiger partial charge in [-0.1, -0.05) is 6.92 Å². The number of carboxylic acids is 1. The van der Waals surface area contributed by atoms with Crippen molar-refractivity contribution in [1.29, 1.82) is 0 Å². The first-order valence-electron chi connectivity index (χ1n) is 4.86. The Morgan fingerprint density at radius 3 is 2.53 bits per heavy atom. The number of nitrogens with two attached hydrogens (primary N) is 1. The molecular formula is C9H18N2O3S. The number of hydrogen-bond acceptors (Lipinski definition) is 4. The number of carbonyl (C=O) groups is 2.